The number of ketones is 4. The molecule has 2 saturated carbocycles. The number of amides is 1. The van der Waals surface area contributed by atoms with E-state index >= 15 is 0 Å². The first-order chi connectivity index (χ1) is 30.7. The second kappa shape index (κ2) is 25.5. The van der Waals surface area contributed by atoms with Crippen molar-refractivity contribution in [1.82, 2.24) is 4.90 Å². The maximum absolute atomic E-state index is 14.6. The first-order valence-electron chi connectivity index (χ1n) is 24.9. The molecule has 0 aromatic rings. The van der Waals surface area contributed by atoms with Crippen molar-refractivity contribution in [3.8, 4) is 0 Å². The largest absolute Gasteiger partial charge is 0.390 e. The van der Waals surface area contributed by atoms with Gasteiger partial charge >= 0.3 is 0 Å². The van der Waals surface area contributed by atoms with E-state index in [1.54, 1.807) is 14.2 Å². The standard InChI is InChI=1S/C53H85NO11/c1-32-16-12-11-13-17-33(2)46(63-8)28-40-20-19-38(7)53(62,31-40)51(60)52(61)54-23-15-14-18-42(54)45(57)30-41(34(3)26-39-21-22-43(55)47(27-39)64-9)29-44(56)35(4)25-37(6)49(59)50(65-10)48(58)36(5)24-32/h11-13,16-17,32,34-43,46-47,49-50,55,59,62H,14-15,18-31H2,1-10H3/b13-11+,16-12+,33-17+/t32-,34-,35-,36+,37?,38+,39?,40+,41-,42-,43+,46?,47?,49+,50?,53-/m0/s1. The number of ether oxygens (including phenoxy) is 3. The molecule has 1 saturated heterocycles. The van der Waals surface area contributed by atoms with E-state index in [4.69, 9.17) is 14.2 Å². The van der Waals surface area contributed by atoms with Crippen LogP contribution in [0.4, 0.5) is 0 Å². The van der Waals surface area contributed by atoms with Crippen molar-refractivity contribution < 1.29 is 53.5 Å². The smallest absolute Gasteiger partial charge is 0.293 e. The summed E-state index contributed by atoms with van der Waals surface area (Å²) < 4.78 is 17.2. The predicted octanol–water partition coefficient (Wildman–Crippen LogP) is 7.59. The van der Waals surface area contributed by atoms with E-state index in [2.05, 4.69) is 6.92 Å². The molecule has 1 amide bonds. The van der Waals surface area contributed by atoms with Crippen molar-refractivity contribution in [1.29, 1.82) is 0 Å². The van der Waals surface area contributed by atoms with E-state index < -0.39 is 59.4 Å². The van der Waals surface area contributed by atoms with Gasteiger partial charge < -0.3 is 34.4 Å². The molecule has 4 rings (SSSR count). The maximum Gasteiger partial charge on any atom is 0.293 e. The van der Waals surface area contributed by atoms with E-state index in [0.29, 0.717) is 57.8 Å². The van der Waals surface area contributed by atoms with Crippen LogP contribution in [0.15, 0.2) is 36.0 Å². The Kier molecular flexibility index (Phi) is 21.5. The fourth-order valence-corrected chi connectivity index (χ4v) is 11.5. The molecule has 16 atom stereocenters. The molecule has 2 bridgehead atoms. The Bertz CT molecular complexity index is 1690. The van der Waals surface area contributed by atoms with Crippen molar-refractivity contribution in [2.75, 3.05) is 27.9 Å². The summed E-state index contributed by atoms with van der Waals surface area (Å²) in [6, 6.07) is -0.850. The Morgan fingerprint density at radius 3 is 2.17 bits per heavy atom. The van der Waals surface area contributed by atoms with Crippen LogP contribution >= 0.6 is 0 Å². The van der Waals surface area contributed by atoms with Crippen molar-refractivity contribution in [2.24, 2.45) is 53.3 Å². The molecular weight excluding hydrogens is 827 g/mol. The number of aliphatic hydroxyl groups excluding tert-OH is 2. The van der Waals surface area contributed by atoms with Gasteiger partial charge in [0.25, 0.3) is 11.7 Å². The molecule has 0 aromatic heterocycles. The van der Waals surface area contributed by atoms with Crippen molar-refractivity contribution in [2.45, 2.75) is 187 Å². The summed E-state index contributed by atoms with van der Waals surface area (Å²) in [5, 5.41) is 34.2. The highest BCUT2D eigenvalue weighted by atomic mass is 16.5. The average molecular weight is 912 g/mol. The molecule has 0 aromatic carbocycles. The number of piperidine rings is 1. The lowest BCUT2D eigenvalue weighted by atomic mass is 9.67. The second-order valence-corrected chi connectivity index (χ2v) is 21.1. The van der Waals surface area contributed by atoms with Crippen LogP contribution in [-0.2, 0) is 38.2 Å². The number of carbonyl (C=O) groups excluding carboxylic acids is 5. The zero-order chi connectivity index (χ0) is 48.2. The van der Waals surface area contributed by atoms with Gasteiger partial charge in [-0.3, -0.25) is 24.0 Å². The van der Waals surface area contributed by atoms with Crippen LogP contribution in [0.5, 0.6) is 0 Å². The highest BCUT2D eigenvalue weighted by Crippen LogP contribution is 2.42. The molecule has 3 N–H and O–H groups in total. The van der Waals surface area contributed by atoms with Gasteiger partial charge in [0.1, 0.15) is 17.5 Å². The second-order valence-electron chi connectivity index (χ2n) is 21.1. The minimum Gasteiger partial charge on any atom is -0.390 e. The fraction of sp³-hybridized carbons (Fsp3) is 0.792. The van der Waals surface area contributed by atoms with Crippen molar-refractivity contribution >= 4 is 29.0 Å². The number of aliphatic hydroxyl groups is 3. The van der Waals surface area contributed by atoms with Gasteiger partial charge in [0.15, 0.2) is 11.6 Å². The topological polar surface area (TPSA) is 177 Å². The first-order valence-corrected chi connectivity index (χ1v) is 24.9. The Morgan fingerprint density at radius 2 is 1.49 bits per heavy atom. The number of rotatable bonds is 6. The fourth-order valence-electron chi connectivity index (χ4n) is 11.5. The van der Waals surface area contributed by atoms with Crippen LogP contribution in [0.25, 0.3) is 0 Å². The summed E-state index contributed by atoms with van der Waals surface area (Å²) in [4.78, 5) is 72.8. The molecule has 5 unspecified atom stereocenters. The molecular formula is C53H85NO11. The SMILES string of the molecule is COC1C[C@H]2CC[C@@H](C)[C@@](O)(C2)C(=O)C(=O)N2CCCC[C@H]2C(=O)C[C@@H]([C@@H](C)CC2CC[C@@H](O)C(OC)C2)CC(=O)[C@@H](C)CC(C)[C@@H](O)C(OC)C(=O)[C@H](C)C[C@@H](C)/C=C/C=C/C=C/1C. The van der Waals surface area contributed by atoms with E-state index in [9.17, 15) is 39.3 Å². The monoisotopic (exact) mass is 912 g/mol. The van der Waals surface area contributed by atoms with Gasteiger partial charge in [0, 0.05) is 52.6 Å². The molecule has 65 heavy (non-hydrogen) atoms. The summed E-state index contributed by atoms with van der Waals surface area (Å²) in [7, 11) is 4.68. The molecule has 12 heteroatoms. The summed E-state index contributed by atoms with van der Waals surface area (Å²) in [6.45, 7) is 13.7. The zero-order valence-electron chi connectivity index (χ0n) is 41.4. The minimum absolute atomic E-state index is 0.0401. The molecule has 0 spiro atoms. The third-order valence-corrected chi connectivity index (χ3v) is 16.0. The molecule has 12 nitrogen and oxygen atoms in total. The molecule has 2 aliphatic carbocycles. The maximum atomic E-state index is 14.6. The van der Waals surface area contributed by atoms with Crippen LogP contribution in [0, 0.1) is 53.3 Å². The average Bonchev–Trinajstić information content (AvgIpc) is 3.28. The molecule has 2 aliphatic heterocycles. The number of nitrogens with zero attached hydrogens (tertiary/aromatic N) is 1. The van der Waals surface area contributed by atoms with Gasteiger partial charge in [0.05, 0.1) is 30.5 Å². The predicted molar refractivity (Wildman–Crippen MR) is 252 cm³/mol. The lowest BCUT2D eigenvalue weighted by Gasteiger charge is -2.43. The van der Waals surface area contributed by atoms with Crippen LogP contribution in [-0.4, -0.2) is 119 Å². The van der Waals surface area contributed by atoms with Crippen molar-refractivity contribution in [3.05, 3.63) is 36.0 Å². The number of fused-ring (bicyclic) bond motifs is 3. The van der Waals surface area contributed by atoms with Crippen LogP contribution in [0.1, 0.15) is 145 Å². The molecule has 3 fully saturated rings. The Hall–Kier alpha value is -2.87. The van der Waals surface area contributed by atoms with Crippen LogP contribution in [0.3, 0.4) is 0 Å². The zero-order valence-corrected chi connectivity index (χ0v) is 41.4. The van der Waals surface area contributed by atoms with Crippen molar-refractivity contribution in [3.63, 3.8) is 0 Å². The molecule has 368 valence electrons. The third-order valence-electron chi connectivity index (χ3n) is 16.0. The molecule has 4 aliphatic rings. The number of hydrogen-bond acceptors (Lipinski definition) is 11. The van der Waals surface area contributed by atoms with Crippen LogP contribution < -0.4 is 0 Å². The number of carbonyl (C=O) groups is 5. The van der Waals surface area contributed by atoms with Gasteiger partial charge in [-0.15, -0.1) is 0 Å². The third kappa shape index (κ3) is 14.6. The Labute approximate surface area is 390 Å². The number of methoxy groups -OCH3 is 3. The first kappa shape index (κ1) is 54.7. The quantitative estimate of drug-likeness (QED) is 0.224. The summed E-state index contributed by atoms with van der Waals surface area (Å²) in [5.41, 5.74) is -0.904. The van der Waals surface area contributed by atoms with Gasteiger partial charge in [-0.25, -0.2) is 0 Å². The summed E-state index contributed by atoms with van der Waals surface area (Å²) in [5.74, 6) is -4.11. The number of hydrogen-bond donors (Lipinski definition) is 3. The van der Waals surface area contributed by atoms with E-state index in [1.165, 1.54) is 12.0 Å². The Morgan fingerprint density at radius 1 is 0.785 bits per heavy atom. The van der Waals surface area contributed by atoms with Crippen LogP contribution in [0.2, 0.25) is 0 Å². The van der Waals surface area contributed by atoms with Gasteiger partial charge in [-0.1, -0.05) is 71.9 Å². The van der Waals surface area contributed by atoms with E-state index in [-0.39, 0.29) is 90.9 Å². The number of allylic oxidation sites excluding steroid dienone is 5. The lowest BCUT2D eigenvalue weighted by Crippen LogP contribution is -2.59. The highest BCUT2D eigenvalue weighted by Gasteiger charge is 2.51. The van der Waals surface area contributed by atoms with E-state index in [0.717, 1.165) is 24.8 Å². The van der Waals surface area contributed by atoms with E-state index in [1.807, 2.05) is 71.9 Å². The Balaban J connectivity index is 1.68. The minimum atomic E-state index is -1.88. The van der Waals surface area contributed by atoms with Gasteiger partial charge in [0.2, 0.25) is 0 Å². The number of Topliss-reactive ketones (excluding diaryl/α,β-unsaturated/α-hetero) is 4. The highest BCUT2D eigenvalue weighted by molar-refractivity contribution is 6.39. The normalized spacial score (nSPS) is 41.0. The lowest BCUT2D eigenvalue weighted by molar-refractivity contribution is -0.165. The van der Waals surface area contributed by atoms with Gasteiger partial charge in [-0.05, 0) is 137 Å². The van der Waals surface area contributed by atoms with Gasteiger partial charge in [-0.2, -0.15) is 0 Å². The summed E-state index contributed by atoms with van der Waals surface area (Å²) >= 11 is 0. The molecule has 0 radical (unpaired) electrons. The molecule has 2 heterocycles. The summed E-state index contributed by atoms with van der Waals surface area (Å²) in [6.07, 6.45) is 14.1.